The molecule has 0 aliphatic heterocycles. The number of aromatic hydroxyl groups is 1. The van der Waals surface area contributed by atoms with Crippen LogP contribution in [0.5, 0.6) is 5.75 Å². The fourth-order valence-electron chi connectivity index (χ4n) is 5.56. The van der Waals surface area contributed by atoms with Crippen LogP contribution in [0.3, 0.4) is 0 Å². The quantitative estimate of drug-likeness (QED) is 0.687. The predicted molar refractivity (Wildman–Crippen MR) is 80.1 cm³/mol. The fraction of sp³-hybridized carbons (Fsp3) is 0.667. The van der Waals surface area contributed by atoms with Crippen LogP contribution in [0.4, 0.5) is 0 Å². The Bertz CT molecular complexity index is 570. The second-order valence-electron chi connectivity index (χ2n) is 7.58. The zero-order chi connectivity index (χ0) is 14.8. The summed E-state index contributed by atoms with van der Waals surface area (Å²) in [5.74, 6) is 1.35. The lowest BCUT2D eigenvalue weighted by Gasteiger charge is -2.51. The summed E-state index contributed by atoms with van der Waals surface area (Å²) in [6, 6.07) is 5.62. The third-order valence-corrected chi connectivity index (χ3v) is 6.68. The van der Waals surface area contributed by atoms with Crippen LogP contribution in [-0.4, -0.2) is 27.5 Å². The van der Waals surface area contributed by atoms with Gasteiger partial charge < -0.3 is 15.3 Å². The van der Waals surface area contributed by atoms with Gasteiger partial charge in [-0.2, -0.15) is 0 Å². The van der Waals surface area contributed by atoms with E-state index >= 15 is 0 Å². The van der Waals surface area contributed by atoms with Gasteiger partial charge in [0, 0.05) is 0 Å². The average Bonchev–Trinajstić information content (AvgIpc) is 2.74. The van der Waals surface area contributed by atoms with Crippen LogP contribution in [0.25, 0.3) is 0 Å². The Morgan fingerprint density at radius 1 is 1.14 bits per heavy atom. The topological polar surface area (TPSA) is 60.7 Å². The van der Waals surface area contributed by atoms with Gasteiger partial charge in [0.05, 0.1) is 12.2 Å². The van der Waals surface area contributed by atoms with Crippen molar-refractivity contribution in [3.63, 3.8) is 0 Å². The molecule has 2 saturated carbocycles. The molecule has 0 bridgehead atoms. The molecule has 0 heterocycles. The van der Waals surface area contributed by atoms with Crippen LogP contribution in [0.1, 0.15) is 49.7 Å². The number of benzene rings is 1. The van der Waals surface area contributed by atoms with Gasteiger partial charge in [0.25, 0.3) is 0 Å². The molecule has 3 N–H and O–H groups in total. The van der Waals surface area contributed by atoms with E-state index < -0.39 is 0 Å². The number of hydrogen-bond acceptors (Lipinski definition) is 3. The molecule has 21 heavy (non-hydrogen) atoms. The normalized spacial score (nSPS) is 44.8. The van der Waals surface area contributed by atoms with Crippen molar-refractivity contribution >= 4 is 0 Å². The number of aliphatic hydroxyl groups excluding tert-OH is 2. The minimum atomic E-state index is -0.348. The van der Waals surface area contributed by atoms with Crippen molar-refractivity contribution in [2.24, 2.45) is 17.3 Å². The molecular formula is C18H24O3. The molecule has 0 unspecified atom stereocenters. The number of phenolic OH excluding ortho intramolecular Hbond substituents is 1. The third-order valence-electron chi connectivity index (χ3n) is 6.68. The molecule has 1 aromatic rings. The Hall–Kier alpha value is -1.06. The van der Waals surface area contributed by atoms with Crippen molar-refractivity contribution in [1.29, 1.82) is 0 Å². The van der Waals surface area contributed by atoms with Gasteiger partial charge in [-0.25, -0.2) is 0 Å². The molecule has 0 saturated heterocycles. The van der Waals surface area contributed by atoms with E-state index in [2.05, 4.69) is 6.92 Å². The first kappa shape index (κ1) is 13.6. The van der Waals surface area contributed by atoms with Crippen molar-refractivity contribution < 1.29 is 15.3 Å². The zero-order valence-electron chi connectivity index (χ0n) is 12.5. The van der Waals surface area contributed by atoms with Crippen molar-refractivity contribution in [2.45, 2.75) is 57.2 Å². The van der Waals surface area contributed by atoms with Gasteiger partial charge in [-0.15, -0.1) is 0 Å². The second-order valence-corrected chi connectivity index (χ2v) is 7.58. The van der Waals surface area contributed by atoms with Crippen LogP contribution in [0.2, 0.25) is 0 Å². The highest BCUT2D eigenvalue weighted by molar-refractivity contribution is 5.41. The number of aliphatic hydroxyl groups is 2. The van der Waals surface area contributed by atoms with Crippen molar-refractivity contribution in [3.8, 4) is 5.75 Å². The summed E-state index contributed by atoms with van der Waals surface area (Å²) < 4.78 is 0. The van der Waals surface area contributed by atoms with Crippen LogP contribution in [0, 0.1) is 17.3 Å². The Kier molecular flexibility index (Phi) is 2.89. The summed E-state index contributed by atoms with van der Waals surface area (Å²) >= 11 is 0. The standard InChI is InChI=1S/C18H24O3/c1-18-7-6-13-12-3-2-11(19)8-10(12)9-15(20)17(13)14(18)4-5-16(18)21/h2-3,8,13-17,19-21H,4-7,9H2,1H3/t13-,14-,15-,16-,17-,18-/m0/s1. The summed E-state index contributed by atoms with van der Waals surface area (Å²) in [7, 11) is 0. The van der Waals surface area contributed by atoms with Gasteiger partial charge in [0.15, 0.2) is 0 Å². The van der Waals surface area contributed by atoms with E-state index in [4.69, 9.17) is 0 Å². The summed E-state index contributed by atoms with van der Waals surface area (Å²) in [5.41, 5.74) is 2.40. The maximum absolute atomic E-state index is 10.7. The van der Waals surface area contributed by atoms with E-state index in [0.717, 1.165) is 31.2 Å². The van der Waals surface area contributed by atoms with Gasteiger partial charge in [0.2, 0.25) is 0 Å². The van der Waals surface area contributed by atoms with Crippen LogP contribution >= 0.6 is 0 Å². The minimum Gasteiger partial charge on any atom is -0.508 e. The Morgan fingerprint density at radius 2 is 1.95 bits per heavy atom. The lowest BCUT2D eigenvalue weighted by Crippen LogP contribution is -2.49. The molecule has 114 valence electrons. The van der Waals surface area contributed by atoms with E-state index in [1.165, 1.54) is 5.56 Å². The number of rotatable bonds is 0. The molecule has 1 aromatic carbocycles. The Morgan fingerprint density at radius 3 is 2.76 bits per heavy atom. The van der Waals surface area contributed by atoms with Gasteiger partial charge in [0.1, 0.15) is 5.75 Å². The fourth-order valence-corrected chi connectivity index (χ4v) is 5.56. The molecule has 3 nitrogen and oxygen atoms in total. The van der Waals surface area contributed by atoms with Crippen LogP contribution < -0.4 is 0 Å². The third kappa shape index (κ3) is 1.80. The molecule has 0 radical (unpaired) electrons. The van der Waals surface area contributed by atoms with E-state index in [9.17, 15) is 15.3 Å². The highest BCUT2D eigenvalue weighted by Gasteiger charge is 2.56. The van der Waals surface area contributed by atoms with E-state index in [1.807, 2.05) is 12.1 Å². The van der Waals surface area contributed by atoms with Gasteiger partial charge >= 0.3 is 0 Å². The van der Waals surface area contributed by atoms with E-state index in [-0.39, 0.29) is 29.3 Å². The zero-order valence-corrected chi connectivity index (χ0v) is 12.5. The highest BCUT2D eigenvalue weighted by Crippen LogP contribution is 2.60. The van der Waals surface area contributed by atoms with Crippen molar-refractivity contribution in [2.75, 3.05) is 0 Å². The smallest absolute Gasteiger partial charge is 0.115 e. The molecule has 3 aliphatic carbocycles. The predicted octanol–water partition coefficient (Wildman–Crippen LogP) is 2.58. The average molecular weight is 288 g/mol. The lowest BCUT2D eigenvalue weighted by molar-refractivity contribution is -0.0627. The Labute approximate surface area is 125 Å². The van der Waals surface area contributed by atoms with Crippen molar-refractivity contribution in [1.82, 2.24) is 0 Å². The molecule has 2 fully saturated rings. The first-order chi connectivity index (χ1) is 10.0. The van der Waals surface area contributed by atoms with Crippen molar-refractivity contribution in [3.05, 3.63) is 29.3 Å². The summed E-state index contributed by atoms with van der Waals surface area (Å²) in [4.78, 5) is 0. The highest BCUT2D eigenvalue weighted by atomic mass is 16.3. The molecule has 0 aromatic heterocycles. The molecular weight excluding hydrogens is 264 g/mol. The minimum absolute atomic E-state index is 0.0173. The van der Waals surface area contributed by atoms with Gasteiger partial charge in [-0.3, -0.25) is 0 Å². The lowest BCUT2D eigenvalue weighted by atomic mass is 9.54. The first-order valence-electron chi connectivity index (χ1n) is 8.18. The number of phenols is 1. The maximum atomic E-state index is 10.7. The van der Waals surface area contributed by atoms with Gasteiger partial charge in [-0.05, 0) is 78.5 Å². The second kappa shape index (κ2) is 4.47. The molecule has 3 heteroatoms. The summed E-state index contributed by atoms with van der Waals surface area (Å²) in [6.07, 6.45) is 4.05. The molecule has 0 amide bonds. The molecule has 6 atom stereocenters. The Balaban J connectivity index is 1.76. The van der Waals surface area contributed by atoms with Crippen LogP contribution in [0.15, 0.2) is 18.2 Å². The van der Waals surface area contributed by atoms with E-state index in [0.29, 0.717) is 18.3 Å². The first-order valence-corrected chi connectivity index (χ1v) is 8.18. The molecule has 3 aliphatic rings. The number of fused-ring (bicyclic) bond motifs is 5. The van der Waals surface area contributed by atoms with Crippen LogP contribution in [-0.2, 0) is 6.42 Å². The molecule has 4 rings (SSSR count). The monoisotopic (exact) mass is 288 g/mol. The largest absolute Gasteiger partial charge is 0.508 e. The summed E-state index contributed by atoms with van der Waals surface area (Å²) in [6.45, 7) is 2.21. The SMILES string of the molecule is C[C@]12CC[C@H]3c4ccc(O)cc4C[C@H](O)[C@@H]3[C@@H]1CC[C@@H]2O. The van der Waals surface area contributed by atoms with Gasteiger partial charge in [-0.1, -0.05) is 13.0 Å². The maximum Gasteiger partial charge on any atom is 0.115 e. The summed E-state index contributed by atoms with van der Waals surface area (Å²) in [5, 5.41) is 30.8. The van der Waals surface area contributed by atoms with E-state index in [1.54, 1.807) is 6.07 Å². The number of hydrogen-bond donors (Lipinski definition) is 3. The molecule has 0 spiro atoms.